The third-order valence-electron chi connectivity index (χ3n) is 4.47. The zero-order valence-corrected chi connectivity index (χ0v) is 17.0. The molecule has 0 aliphatic carbocycles. The molecule has 140 valence electrons. The summed E-state index contributed by atoms with van der Waals surface area (Å²) in [6, 6.07) is 20.9. The zero-order valence-electron chi connectivity index (χ0n) is 16.2. The predicted octanol–water partition coefficient (Wildman–Crippen LogP) is 6.35. The van der Waals surface area contributed by atoms with Gasteiger partial charge in [0.15, 0.2) is 5.65 Å². The van der Waals surface area contributed by atoms with Crippen molar-refractivity contribution in [2.75, 3.05) is 5.32 Å². The van der Waals surface area contributed by atoms with Crippen molar-refractivity contribution in [2.45, 2.75) is 36.5 Å². The average Bonchev–Trinajstić information content (AvgIpc) is 2.70. The van der Waals surface area contributed by atoms with Gasteiger partial charge in [-0.15, -0.1) is 0 Å². The van der Waals surface area contributed by atoms with Crippen molar-refractivity contribution in [2.24, 2.45) is 0 Å². The Balaban J connectivity index is 1.72. The minimum absolute atomic E-state index is 0.362. The summed E-state index contributed by atoms with van der Waals surface area (Å²) in [4.78, 5) is 15.9. The Kier molecular flexibility index (Phi) is 5.26. The van der Waals surface area contributed by atoms with Gasteiger partial charge in [-0.25, -0.2) is 15.0 Å². The van der Waals surface area contributed by atoms with Gasteiger partial charge >= 0.3 is 0 Å². The Bertz CT molecular complexity index is 1110. The first-order valence-corrected chi connectivity index (χ1v) is 10.1. The molecule has 0 radical (unpaired) electrons. The standard InChI is InChI=1S/C23H22N4S/c1-15(2)19-11-10-18-22(26-19)24-14-25-23(18)27-20-13-16(3)9-12-21(20)28-17-7-5-4-6-8-17/h4-15H,1-3H3,(H,24,25,26,27). The molecule has 4 nitrogen and oxygen atoms in total. The number of anilines is 2. The lowest BCUT2D eigenvalue weighted by Crippen LogP contribution is -2.00. The van der Waals surface area contributed by atoms with Crippen molar-refractivity contribution in [1.29, 1.82) is 0 Å². The molecule has 0 atom stereocenters. The average molecular weight is 387 g/mol. The number of aromatic nitrogens is 3. The molecular weight excluding hydrogens is 364 g/mol. The van der Waals surface area contributed by atoms with Gasteiger partial charge in [-0.2, -0.15) is 0 Å². The first kappa shape index (κ1) is 18.4. The zero-order chi connectivity index (χ0) is 19.5. The van der Waals surface area contributed by atoms with Crippen molar-refractivity contribution in [1.82, 2.24) is 15.0 Å². The van der Waals surface area contributed by atoms with Crippen LogP contribution < -0.4 is 5.32 Å². The fraction of sp³-hybridized carbons (Fsp3) is 0.174. The van der Waals surface area contributed by atoms with E-state index in [9.17, 15) is 0 Å². The highest BCUT2D eigenvalue weighted by Gasteiger charge is 2.11. The normalized spacial score (nSPS) is 11.1. The summed E-state index contributed by atoms with van der Waals surface area (Å²) in [6.45, 7) is 6.36. The molecule has 0 aliphatic rings. The van der Waals surface area contributed by atoms with E-state index in [4.69, 9.17) is 0 Å². The lowest BCUT2D eigenvalue weighted by molar-refractivity contribution is 0.827. The van der Waals surface area contributed by atoms with Crippen molar-refractivity contribution >= 4 is 34.3 Å². The Morgan fingerprint density at radius 1 is 0.929 bits per heavy atom. The molecule has 5 heteroatoms. The molecule has 0 saturated carbocycles. The maximum absolute atomic E-state index is 4.69. The number of pyridine rings is 1. The first-order chi connectivity index (χ1) is 13.6. The van der Waals surface area contributed by atoms with Crippen LogP contribution in [0.4, 0.5) is 11.5 Å². The number of nitrogens with zero attached hydrogens (tertiary/aromatic N) is 3. The number of hydrogen-bond acceptors (Lipinski definition) is 5. The molecule has 0 amide bonds. The number of rotatable bonds is 5. The second kappa shape index (κ2) is 7.98. The third kappa shape index (κ3) is 3.99. The van der Waals surface area contributed by atoms with E-state index in [0.717, 1.165) is 27.5 Å². The Labute approximate surface area is 169 Å². The molecular formula is C23H22N4S. The molecule has 0 spiro atoms. The van der Waals surface area contributed by atoms with Crippen LogP contribution in [0, 0.1) is 6.92 Å². The number of fused-ring (bicyclic) bond motifs is 1. The quantitative estimate of drug-likeness (QED) is 0.433. The van der Waals surface area contributed by atoms with Gasteiger partial charge in [0.05, 0.1) is 11.1 Å². The summed E-state index contributed by atoms with van der Waals surface area (Å²) >= 11 is 1.73. The molecule has 0 fully saturated rings. The van der Waals surface area contributed by atoms with Gasteiger partial charge in [0.25, 0.3) is 0 Å². The fourth-order valence-corrected chi connectivity index (χ4v) is 3.85. The molecule has 0 saturated heterocycles. The van der Waals surface area contributed by atoms with Crippen LogP contribution in [0.15, 0.2) is 76.8 Å². The Morgan fingerprint density at radius 3 is 2.54 bits per heavy atom. The van der Waals surface area contributed by atoms with Crippen molar-refractivity contribution < 1.29 is 0 Å². The van der Waals surface area contributed by atoms with E-state index >= 15 is 0 Å². The molecule has 0 bridgehead atoms. The van der Waals surface area contributed by atoms with Crippen LogP contribution in [0.5, 0.6) is 0 Å². The number of hydrogen-bond donors (Lipinski definition) is 1. The Morgan fingerprint density at radius 2 is 1.75 bits per heavy atom. The van der Waals surface area contributed by atoms with Crippen LogP contribution in [0.2, 0.25) is 0 Å². The van der Waals surface area contributed by atoms with Gasteiger partial charge in [0, 0.05) is 15.5 Å². The summed E-state index contributed by atoms with van der Waals surface area (Å²) in [5.41, 5.74) is 3.97. The van der Waals surface area contributed by atoms with Crippen molar-refractivity contribution in [3.8, 4) is 0 Å². The summed E-state index contributed by atoms with van der Waals surface area (Å²) in [5, 5.41) is 4.43. The maximum Gasteiger partial charge on any atom is 0.164 e. The van der Waals surface area contributed by atoms with Gasteiger partial charge in [-0.05, 0) is 54.8 Å². The highest BCUT2D eigenvalue weighted by atomic mass is 32.2. The number of benzene rings is 2. The lowest BCUT2D eigenvalue weighted by atomic mass is 10.1. The van der Waals surface area contributed by atoms with E-state index in [2.05, 4.69) is 95.6 Å². The van der Waals surface area contributed by atoms with E-state index in [1.54, 1.807) is 18.1 Å². The van der Waals surface area contributed by atoms with Gasteiger partial charge < -0.3 is 5.32 Å². The van der Waals surface area contributed by atoms with Crippen LogP contribution in [0.25, 0.3) is 11.0 Å². The summed E-state index contributed by atoms with van der Waals surface area (Å²) < 4.78 is 0. The summed E-state index contributed by atoms with van der Waals surface area (Å²) in [6.07, 6.45) is 1.57. The second-order valence-electron chi connectivity index (χ2n) is 7.02. The minimum atomic E-state index is 0.362. The highest BCUT2D eigenvalue weighted by Crippen LogP contribution is 2.36. The molecule has 4 aromatic rings. The van der Waals surface area contributed by atoms with E-state index in [-0.39, 0.29) is 0 Å². The Hall–Kier alpha value is -2.92. The van der Waals surface area contributed by atoms with E-state index in [1.807, 2.05) is 6.07 Å². The smallest absolute Gasteiger partial charge is 0.164 e. The topological polar surface area (TPSA) is 50.7 Å². The third-order valence-corrected chi connectivity index (χ3v) is 5.55. The lowest BCUT2D eigenvalue weighted by Gasteiger charge is -2.14. The molecule has 0 unspecified atom stereocenters. The fourth-order valence-electron chi connectivity index (χ4n) is 2.95. The minimum Gasteiger partial charge on any atom is -0.339 e. The molecule has 2 aromatic heterocycles. The largest absolute Gasteiger partial charge is 0.339 e. The van der Waals surface area contributed by atoms with Crippen LogP contribution in [0.3, 0.4) is 0 Å². The SMILES string of the molecule is Cc1ccc(Sc2ccccc2)c(Nc2ncnc3nc(C(C)C)ccc23)c1. The molecule has 2 aromatic carbocycles. The number of nitrogens with one attached hydrogen (secondary N) is 1. The van der Waals surface area contributed by atoms with Crippen LogP contribution in [0.1, 0.15) is 31.0 Å². The molecule has 1 N–H and O–H groups in total. The maximum atomic E-state index is 4.69. The van der Waals surface area contributed by atoms with E-state index in [0.29, 0.717) is 11.6 Å². The van der Waals surface area contributed by atoms with Gasteiger partial charge in [-0.3, -0.25) is 0 Å². The monoisotopic (exact) mass is 386 g/mol. The molecule has 4 rings (SSSR count). The molecule has 2 heterocycles. The predicted molar refractivity (Wildman–Crippen MR) is 116 cm³/mol. The van der Waals surface area contributed by atoms with Crippen molar-refractivity contribution in [3.05, 3.63) is 78.2 Å². The molecule has 0 aliphatic heterocycles. The molecule has 28 heavy (non-hydrogen) atoms. The van der Waals surface area contributed by atoms with Crippen LogP contribution in [-0.4, -0.2) is 15.0 Å². The number of aryl methyl sites for hydroxylation is 1. The summed E-state index contributed by atoms with van der Waals surface area (Å²) in [5.74, 6) is 1.13. The van der Waals surface area contributed by atoms with Crippen LogP contribution in [-0.2, 0) is 0 Å². The van der Waals surface area contributed by atoms with Crippen LogP contribution >= 0.6 is 11.8 Å². The van der Waals surface area contributed by atoms with Crippen molar-refractivity contribution in [3.63, 3.8) is 0 Å². The second-order valence-corrected chi connectivity index (χ2v) is 8.14. The first-order valence-electron chi connectivity index (χ1n) is 9.32. The highest BCUT2D eigenvalue weighted by molar-refractivity contribution is 7.99. The summed E-state index contributed by atoms with van der Waals surface area (Å²) in [7, 11) is 0. The van der Waals surface area contributed by atoms with Gasteiger partial charge in [0.2, 0.25) is 0 Å². The van der Waals surface area contributed by atoms with Gasteiger partial charge in [-0.1, -0.05) is 49.9 Å². The van der Waals surface area contributed by atoms with E-state index < -0.39 is 0 Å². The van der Waals surface area contributed by atoms with E-state index in [1.165, 1.54) is 10.5 Å². The van der Waals surface area contributed by atoms with Gasteiger partial charge in [0.1, 0.15) is 12.1 Å².